The fourth-order valence-electron chi connectivity index (χ4n) is 2.87. The molecule has 2 aromatic carbocycles. The lowest BCUT2D eigenvalue weighted by molar-refractivity contribution is -0.137. The number of nitrogens with one attached hydrogen (secondary N) is 1. The summed E-state index contributed by atoms with van der Waals surface area (Å²) in [6.07, 6.45) is -4.34. The second-order valence-corrected chi connectivity index (χ2v) is 5.35. The van der Waals surface area contributed by atoms with Crippen LogP contribution in [0.2, 0.25) is 0 Å². The van der Waals surface area contributed by atoms with Crippen LogP contribution in [-0.4, -0.2) is 13.6 Å². The van der Waals surface area contributed by atoms with Crippen molar-refractivity contribution in [3.05, 3.63) is 64.7 Å². The van der Waals surface area contributed by atoms with Crippen LogP contribution in [0.3, 0.4) is 0 Å². The van der Waals surface area contributed by atoms with Crippen molar-refractivity contribution in [3.63, 3.8) is 0 Å². The molecule has 2 nitrogen and oxygen atoms in total. The number of likely N-dealkylation sites (N-methyl/N-ethyl adjacent to an activating group) is 1. The van der Waals surface area contributed by atoms with Gasteiger partial charge in [0, 0.05) is 18.0 Å². The fourth-order valence-corrected chi connectivity index (χ4v) is 2.87. The topological polar surface area (TPSA) is 21.3 Å². The Morgan fingerprint density at radius 1 is 1.14 bits per heavy atom. The number of alkyl halides is 3. The van der Waals surface area contributed by atoms with E-state index >= 15 is 0 Å². The second kappa shape index (κ2) is 5.65. The Morgan fingerprint density at radius 2 is 1.91 bits per heavy atom. The summed E-state index contributed by atoms with van der Waals surface area (Å²) in [6.45, 7) is 0.833. The van der Waals surface area contributed by atoms with Gasteiger partial charge < -0.3 is 10.1 Å². The fraction of sp³-hybridized carbons (Fsp3) is 0.294. The Morgan fingerprint density at radius 3 is 2.64 bits per heavy atom. The van der Waals surface area contributed by atoms with Crippen molar-refractivity contribution in [2.75, 3.05) is 13.6 Å². The Bertz CT molecular complexity index is 682. The largest absolute Gasteiger partial charge is 0.489 e. The minimum Gasteiger partial charge on any atom is -0.489 e. The van der Waals surface area contributed by atoms with E-state index in [-0.39, 0.29) is 12.5 Å². The molecule has 1 unspecified atom stereocenters. The summed E-state index contributed by atoms with van der Waals surface area (Å²) in [6, 6.07) is 11.4. The standard InChI is InChI=1S/C17H16F3NO/c1-21-9-15-13-4-2-3-5-16(13)22-10-11-6-7-12(8-14(11)15)17(18,19)20/h2-8,15,21H,9-10H2,1H3. The Balaban J connectivity index is 2.15. The van der Waals surface area contributed by atoms with Gasteiger partial charge in [-0.15, -0.1) is 0 Å². The Kier molecular flexibility index (Phi) is 3.83. The molecule has 22 heavy (non-hydrogen) atoms. The first-order chi connectivity index (χ1) is 10.5. The number of hydrogen-bond acceptors (Lipinski definition) is 2. The highest BCUT2D eigenvalue weighted by Gasteiger charge is 2.33. The predicted molar refractivity (Wildman–Crippen MR) is 78.0 cm³/mol. The molecule has 0 radical (unpaired) electrons. The molecule has 0 amide bonds. The van der Waals surface area contributed by atoms with Crippen molar-refractivity contribution in [2.45, 2.75) is 18.7 Å². The summed E-state index contributed by atoms with van der Waals surface area (Å²) >= 11 is 0. The zero-order chi connectivity index (χ0) is 15.7. The third-order valence-electron chi connectivity index (χ3n) is 3.93. The number of ether oxygens (including phenoxy) is 1. The lowest BCUT2D eigenvalue weighted by atomic mass is 9.87. The molecule has 0 bridgehead atoms. The van der Waals surface area contributed by atoms with Crippen LogP contribution in [0.15, 0.2) is 42.5 Å². The van der Waals surface area contributed by atoms with Gasteiger partial charge in [-0.2, -0.15) is 13.2 Å². The summed E-state index contributed by atoms with van der Waals surface area (Å²) < 4.78 is 44.8. The summed E-state index contributed by atoms with van der Waals surface area (Å²) in [4.78, 5) is 0. The molecular weight excluding hydrogens is 291 g/mol. The SMILES string of the molecule is CNCC1c2cc(C(F)(F)F)ccc2COc2ccccc21. The van der Waals surface area contributed by atoms with Crippen molar-refractivity contribution in [3.8, 4) is 5.75 Å². The molecule has 116 valence electrons. The van der Waals surface area contributed by atoms with Gasteiger partial charge in [0.25, 0.3) is 0 Å². The lowest BCUT2D eigenvalue weighted by Gasteiger charge is -2.20. The van der Waals surface area contributed by atoms with Gasteiger partial charge in [-0.3, -0.25) is 0 Å². The molecule has 1 heterocycles. The zero-order valence-electron chi connectivity index (χ0n) is 12.1. The van der Waals surface area contributed by atoms with E-state index < -0.39 is 11.7 Å². The average Bonchev–Trinajstić information content (AvgIpc) is 2.64. The van der Waals surface area contributed by atoms with Crippen LogP contribution in [0.25, 0.3) is 0 Å². The molecule has 2 aromatic rings. The first-order valence-electron chi connectivity index (χ1n) is 7.07. The predicted octanol–water partition coefficient (Wildman–Crippen LogP) is 3.95. The van der Waals surface area contributed by atoms with E-state index in [1.54, 1.807) is 7.05 Å². The van der Waals surface area contributed by atoms with Crippen molar-refractivity contribution < 1.29 is 17.9 Å². The second-order valence-electron chi connectivity index (χ2n) is 5.35. The van der Waals surface area contributed by atoms with Crippen molar-refractivity contribution in [1.82, 2.24) is 5.32 Å². The monoisotopic (exact) mass is 307 g/mol. The van der Waals surface area contributed by atoms with Gasteiger partial charge >= 0.3 is 6.18 Å². The molecule has 0 aliphatic carbocycles. The maximum Gasteiger partial charge on any atom is 0.416 e. The summed E-state index contributed by atoms with van der Waals surface area (Å²) in [5, 5.41) is 3.07. The molecular formula is C17H16F3NO. The molecule has 0 spiro atoms. The van der Waals surface area contributed by atoms with E-state index in [9.17, 15) is 13.2 Å². The molecule has 3 rings (SSSR count). The van der Waals surface area contributed by atoms with Gasteiger partial charge in [0.15, 0.2) is 0 Å². The average molecular weight is 307 g/mol. The first-order valence-corrected chi connectivity index (χ1v) is 7.07. The minimum absolute atomic E-state index is 0.166. The van der Waals surface area contributed by atoms with Crippen LogP contribution in [0.4, 0.5) is 13.2 Å². The number of benzene rings is 2. The highest BCUT2D eigenvalue weighted by atomic mass is 19.4. The van der Waals surface area contributed by atoms with Crippen LogP contribution < -0.4 is 10.1 Å². The Labute approximate surface area is 126 Å². The van der Waals surface area contributed by atoms with E-state index in [1.165, 1.54) is 12.1 Å². The van der Waals surface area contributed by atoms with Crippen LogP contribution in [0.1, 0.15) is 28.2 Å². The number of para-hydroxylation sites is 1. The molecule has 1 aliphatic heterocycles. The molecule has 0 saturated carbocycles. The molecule has 0 aromatic heterocycles. The van der Waals surface area contributed by atoms with Crippen molar-refractivity contribution in [2.24, 2.45) is 0 Å². The maximum atomic E-state index is 13.0. The molecule has 1 atom stereocenters. The van der Waals surface area contributed by atoms with E-state index in [1.807, 2.05) is 24.3 Å². The van der Waals surface area contributed by atoms with Gasteiger partial charge in [-0.1, -0.05) is 24.3 Å². The third-order valence-corrected chi connectivity index (χ3v) is 3.93. The summed E-state index contributed by atoms with van der Waals surface area (Å²) in [5.74, 6) is 0.563. The summed E-state index contributed by atoms with van der Waals surface area (Å²) in [7, 11) is 1.79. The molecule has 0 fully saturated rings. The van der Waals surface area contributed by atoms with Crippen LogP contribution in [-0.2, 0) is 12.8 Å². The van der Waals surface area contributed by atoms with E-state index in [0.717, 1.165) is 22.9 Å². The molecule has 0 saturated heterocycles. The highest BCUT2D eigenvalue weighted by molar-refractivity contribution is 5.48. The van der Waals surface area contributed by atoms with Gasteiger partial charge in [0.05, 0.1) is 5.56 Å². The quantitative estimate of drug-likeness (QED) is 0.907. The maximum absolute atomic E-state index is 13.0. The van der Waals surface area contributed by atoms with Crippen LogP contribution >= 0.6 is 0 Å². The number of hydrogen-bond donors (Lipinski definition) is 1. The first kappa shape index (κ1) is 14.9. The van der Waals surface area contributed by atoms with Gasteiger partial charge in [0.2, 0.25) is 0 Å². The number of rotatable bonds is 2. The molecule has 1 aliphatic rings. The number of halogens is 3. The highest BCUT2D eigenvalue weighted by Crippen LogP contribution is 2.39. The Hall–Kier alpha value is -2.01. The van der Waals surface area contributed by atoms with E-state index in [4.69, 9.17) is 4.74 Å². The minimum atomic E-state index is -4.34. The van der Waals surface area contributed by atoms with E-state index in [2.05, 4.69) is 5.32 Å². The van der Waals surface area contributed by atoms with Crippen LogP contribution in [0, 0.1) is 0 Å². The van der Waals surface area contributed by atoms with Crippen molar-refractivity contribution in [1.29, 1.82) is 0 Å². The third kappa shape index (κ3) is 2.68. The summed E-state index contributed by atoms with van der Waals surface area (Å²) in [5.41, 5.74) is 1.76. The molecule has 5 heteroatoms. The normalized spacial score (nSPS) is 17.2. The van der Waals surface area contributed by atoms with Crippen LogP contribution in [0.5, 0.6) is 5.75 Å². The molecule has 1 N–H and O–H groups in total. The van der Waals surface area contributed by atoms with Crippen molar-refractivity contribution >= 4 is 0 Å². The van der Waals surface area contributed by atoms with Gasteiger partial charge in [-0.25, -0.2) is 0 Å². The van der Waals surface area contributed by atoms with E-state index in [0.29, 0.717) is 12.1 Å². The van der Waals surface area contributed by atoms with Gasteiger partial charge in [0.1, 0.15) is 12.4 Å². The zero-order valence-corrected chi connectivity index (χ0v) is 12.1. The number of fused-ring (bicyclic) bond motifs is 2. The lowest BCUT2D eigenvalue weighted by Crippen LogP contribution is -2.19. The smallest absolute Gasteiger partial charge is 0.416 e. The van der Waals surface area contributed by atoms with Gasteiger partial charge in [-0.05, 0) is 36.4 Å².